The van der Waals surface area contributed by atoms with Crippen LogP contribution in [-0.2, 0) is 10.0 Å². The van der Waals surface area contributed by atoms with Crippen molar-refractivity contribution >= 4 is 27.3 Å². The minimum absolute atomic E-state index is 0.153. The molecule has 0 unspecified atom stereocenters. The van der Waals surface area contributed by atoms with Crippen molar-refractivity contribution < 1.29 is 8.42 Å². The van der Waals surface area contributed by atoms with Gasteiger partial charge in [-0.1, -0.05) is 20.4 Å². The third-order valence-corrected chi connectivity index (χ3v) is 10.5. The zero-order valence-electron chi connectivity index (χ0n) is 20.6. The van der Waals surface area contributed by atoms with Gasteiger partial charge in [-0.15, -0.1) is 11.3 Å². The SMILES string of the molecule is C=C(C)N1CCC(S(=O)(=O)N2CCC(Nc3ncc(C)c(-c4cnc(C(C)C)s4)n3)CC2)CC1. The molecule has 10 heteroatoms. The number of aromatic nitrogens is 3. The van der Waals surface area contributed by atoms with Gasteiger partial charge in [0.25, 0.3) is 0 Å². The molecule has 4 rings (SSSR count). The first-order valence-corrected chi connectivity index (χ1v) is 14.4. The highest BCUT2D eigenvalue weighted by Gasteiger charge is 2.36. The van der Waals surface area contributed by atoms with Crippen molar-refractivity contribution in [3.05, 3.63) is 35.2 Å². The second-order valence-corrected chi connectivity index (χ2v) is 13.0. The summed E-state index contributed by atoms with van der Waals surface area (Å²) in [6.45, 7) is 14.9. The molecule has 2 aliphatic rings. The van der Waals surface area contributed by atoms with Crippen LogP contribution in [0.2, 0.25) is 0 Å². The number of hydrogen-bond donors (Lipinski definition) is 1. The molecule has 2 aromatic rings. The minimum Gasteiger partial charge on any atom is -0.375 e. The van der Waals surface area contributed by atoms with Crippen LogP contribution in [0.1, 0.15) is 62.9 Å². The summed E-state index contributed by atoms with van der Waals surface area (Å²) < 4.78 is 28.1. The number of nitrogens with zero attached hydrogens (tertiary/aromatic N) is 5. The Morgan fingerprint density at radius 1 is 1.12 bits per heavy atom. The van der Waals surface area contributed by atoms with E-state index in [1.807, 2.05) is 26.2 Å². The summed E-state index contributed by atoms with van der Waals surface area (Å²) in [4.78, 5) is 17.0. The summed E-state index contributed by atoms with van der Waals surface area (Å²) in [5, 5.41) is 4.25. The smallest absolute Gasteiger partial charge is 0.223 e. The van der Waals surface area contributed by atoms with Crippen molar-refractivity contribution in [2.24, 2.45) is 0 Å². The van der Waals surface area contributed by atoms with E-state index in [1.54, 1.807) is 15.6 Å². The Morgan fingerprint density at radius 2 is 1.79 bits per heavy atom. The third-order valence-electron chi connectivity index (χ3n) is 6.77. The maximum Gasteiger partial charge on any atom is 0.223 e. The summed E-state index contributed by atoms with van der Waals surface area (Å²) in [6, 6.07) is 0.153. The monoisotopic (exact) mass is 504 g/mol. The van der Waals surface area contributed by atoms with Crippen LogP contribution < -0.4 is 5.32 Å². The van der Waals surface area contributed by atoms with Crippen molar-refractivity contribution in [3.8, 4) is 10.6 Å². The maximum atomic E-state index is 13.2. The highest BCUT2D eigenvalue weighted by molar-refractivity contribution is 7.89. The molecule has 2 aromatic heterocycles. The fourth-order valence-electron chi connectivity index (χ4n) is 4.61. The molecule has 2 fully saturated rings. The first-order valence-electron chi connectivity index (χ1n) is 12.1. The van der Waals surface area contributed by atoms with Crippen LogP contribution in [0.4, 0.5) is 5.95 Å². The molecule has 0 amide bonds. The molecule has 0 bridgehead atoms. The predicted molar refractivity (Wildman–Crippen MR) is 139 cm³/mol. The van der Waals surface area contributed by atoms with Gasteiger partial charge in [-0.25, -0.2) is 27.7 Å². The van der Waals surface area contributed by atoms with E-state index in [0.717, 1.165) is 52.8 Å². The number of aryl methyl sites for hydroxylation is 1. The van der Waals surface area contributed by atoms with Gasteiger partial charge in [0.2, 0.25) is 16.0 Å². The molecule has 2 saturated heterocycles. The van der Waals surface area contributed by atoms with Crippen LogP contribution in [0.15, 0.2) is 24.7 Å². The van der Waals surface area contributed by atoms with E-state index in [9.17, 15) is 8.42 Å². The first-order chi connectivity index (χ1) is 16.1. The molecule has 8 nitrogen and oxygen atoms in total. The van der Waals surface area contributed by atoms with Crippen molar-refractivity contribution in [2.45, 2.75) is 70.6 Å². The summed E-state index contributed by atoms with van der Waals surface area (Å²) in [7, 11) is -3.27. The van der Waals surface area contributed by atoms with Crippen LogP contribution in [0.5, 0.6) is 0 Å². The summed E-state index contributed by atoms with van der Waals surface area (Å²) in [5.41, 5.74) is 2.94. The Balaban J connectivity index is 1.35. The van der Waals surface area contributed by atoms with E-state index >= 15 is 0 Å². The number of likely N-dealkylation sites (tertiary alicyclic amines) is 1. The number of allylic oxidation sites excluding steroid dienone is 1. The molecule has 0 radical (unpaired) electrons. The largest absolute Gasteiger partial charge is 0.375 e. The number of thiazole rings is 1. The molecule has 34 heavy (non-hydrogen) atoms. The van der Waals surface area contributed by atoms with Crippen molar-refractivity contribution in [2.75, 3.05) is 31.5 Å². The first kappa shape index (κ1) is 25.1. The summed E-state index contributed by atoms with van der Waals surface area (Å²) in [5.74, 6) is 0.979. The quantitative estimate of drug-likeness (QED) is 0.603. The Labute approximate surface area is 207 Å². The molecule has 0 spiro atoms. The number of piperidine rings is 2. The van der Waals surface area contributed by atoms with Crippen LogP contribution in [0.25, 0.3) is 10.6 Å². The van der Waals surface area contributed by atoms with Gasteiger partial charge in [0, 0.05) is 56.2 Å². The molecular weight excluding hydrogens is 468 g/mol. The number of sulfonamides is 1. The highest BCUT2D eigenvalue weighted by Crippen LogP contribution is 2.31. The van der Waals surface area contributed by atoms with Crippen molar-refractivity contribution in [3.63, 3.8) is 0 Å². The lowest BCUT2D eigenvalue weighted by Crippen LogP contribution is -2.48. The van der Waals surface area contributed by atoms with Crippen LogP contribution >= 0.6 is 11.3 Å². The van der Waals surface area contributed by atoms with Crippen LogP contribution in [0, 0.1) is 6.92 Å². The van der Waals surface area contributed by atoms with Crippen molar-refractivity contribution in [1.29, 1.82) is 0 Å². The molecule has 0 saturated carbocycles. The highest BCUT2D eigenvalue weighted by atomic mass is 32.2. The zero-order valence-corrected chi connectivity index (χ0v) is 22.3. The number of rotatable bonds is 7. The lowest BCUT2D eigenvalue weighted by Gasteiger charge is -2.38. The molecule has 0 atom stereocenters. The van der Waals surface area contributed by atoms with Crippen LogP contribution in [-0.4, -0.2) is 70.0 Å². The zero-order chi connectivity index (χ0) is 24.5. The van der Waals surface area contributed by atoms with Gasteiger partial charge in [-0.2, -0.15) is 0 Å². The number of nitrogens with one attached hydrogen (secondary N) is 1. The second-order valence-electron chi connectivity index (χ2n) is 9.73. The molecule has 186 valence electrons. The Kier molecular flexibility index (Phi) is 7.59. The molecule has 4 heterocycles. The van der Waals surface area contributed by atoms with Gasteiger partial charge in [0.15, 0.2) is 0 Å². The van der Waals surface area contributed by atoms with Crippen LogP contribution in [0.3, 0.4) is 0 Å². The Hall–Kier alpha value is -2.04. The van der Waals surface area contributed by atoms with E-state index in [0.29, 0.717) is 37.8 Å². The van der Waals surface area contributed by atoms with Gasteiger partial charge < -0.3 is 10.2 Å². The molecule has 0 aromatic carbocycles. The van der Waals surface area contributed by atoms with E-state index in [2.05, 4.69) is 40.6 Å². The van der Waals surface area contributed by atoms with Crippen molar-refractivity contribution in [1.82, 2.24) is 24.2 Å². The lowest BCUT2D eigenvalue weighted by atomic mass is 10.1. The van der Waals surface area contributed by atoms with E-state index in [-0.39, 0.29) is 11.3 Å². The van der Waals surface area contributed by atoms with Gasteiger partial charge in [0.05, 0.1) is 20.8 Å². The number of anilines is 1. The summed E-state index contributed by atoms with van der Waals surface area (Å²) in [6.07, 6.45) is 6.56. The molecular formula is C24H36N6O2S2. The van der Waals surface area contributed by atoms with E-state index < -0.39 is 10.0 Å². The minimum atomic E-state index is -3.27. The van der Waals surface area contributed by atoms with Gasteiger partial charge in [0.1, 0.15) is 0 Å². The fourth-order valence-corrected chi connectivity index (χ4v) is 7.53. The standard InChI is InChI=1S/C24H36N6O2S2/c1-16(2)23-25-15-21(33-23)22-18(5)14-26-24(28-22)27-19-6-12-30(13-7-19)34(31,32)20-8-10-29(11-9-20)17(3)4/h14-16,19-20H,3,6-13H2,1-2,4-5H3,(H,26,27,28). The predicted octanol–water partition coefficient (Wildman–Crippen LogP) is 4.24. The topological polar surface area (TPSA) is 91.3 Å². The molecule has 1 N–H and O–H groups in total. The number of hydrogen-bond acceptors (Lipinski definition) is 8. The normalized spacial score (nSPS) is 19.0. The van der Waals surface area contributed by atoms with E-state index in [4.69, 9.17) is 4.98 Å². The van der Waals surface area contributed by atoms with Gasteiger partial charge in [-0.3, -0.25) is 0 Å². The molecule has 0 aliphatic carbocycles. The Morgan fingerprint density at radius 3 is 2.38 bits per heavy atom. The van der Waals surface area contributed by atoms with E-state index in [1.165, 1.54) is 0 Å². The Bertz CT molecular complexity index is 1110. The maximum absolute atomic E-state index is 13.2. The van der Waals surface area contributed by atoms with Gasteiger partial charge in [-0.05, 0) is 45.1 Å². The average molecular weight is 505 g/mol. The molecule has 2 aliphatic heterocycles. The lowest BCUT2D eigenvalue weighted by molar-refractivity contribution is 0.274. The summed E-state index contributed by atoms with van der Waals surface area (Å²) >= 11 is 1.67. The second kappa shape index (κ2) is 10.3. The van der Waals surface area contributed by atoms with Gasteiger partial charge >= 0.3 is 0 Å². The fraction of sp³-hybridized carbons (Fsp3) is 0.625. The third kappa shape index (κ3) is 5.44. The average Bonchev–Trinajstić information content (AvgIpc) is 3.31.